The molecule has 1 atom stereocenters. The Balaban J connectivity index is 2.05. The van der Waals surface area contributed by atoms with Crippen LogP contribution < -0.4 is 11.0 Å². The van der Waals surface area contributed by atoms with Gasteiger partial charge in [-0.1, -0.05) is 40.2 Å². The van der Waals surface area contributed by atoms with Gasteiger partial charge in [-0.15, -0.1) is 0 Å². The minimum Gasteiger partial charge on any atom is -0.280 e. The molecular formula is C17H13BrN4O. The average molecular weight is 369 g/mol. The van der Waals surface area contributed by atoms with Crippen LogP contribution in [0.25, 0.3) is 10.9 Å². The van der Waals surface area contributed by atoms with E-state index in [-0.39, 0.29) is 5.56 Å². The molecule has 3 aromatic rings. The fraction of sp³-hybridized carbons (Fsp3) is 0.118. The van der Waals surface area contributed by atoms with E-state index in [4.69, 9.17) is 0 Å². The summed E-state index contributed by atoms with van der Waals surface area (Å²) in [6, 6.07) is 15.2. The summed E-state index contributed by atoms with van der Waals surface area (Å²) in [5, 5.41) is 4.80. The normalized spacial score (nSPS) is 19.4. The Bertz CT molecular complexity index is 994. The maximum absolute atomic E-state index is 13.0. The minimum absolute atomic E-state index is 0.0883. The maximum atomic E-state index is 13.0. The highest BCUT2D eigenvalue weighted by Gasteiger charge is 2.34. The van der Waals surface area contributed by atoms with E-state index in [1.54, 1.807) is 16.8 Å². The van der Waals surface area contributed by atoms with Crippen LogP contribution in [0.1, 0.15) is 18.3 Å². The van der Waals surface area contributed by atoms with Crippen LogP contribution in [0.3, 0.4) is 0 Å². The fourth-order valence-electron chi connectivity index (χ4n) is 2.90. The SMILES string of the molecule is C[C@]1(c2ccc(Br)cc2)NN=Cc2nc3ccccc3c(=O)n21. The highest BCUT2D eigenvalue weighted by Crippen LogP contribution is 2.26. The molecule has 0 aliphatic carbocycles. The molecule has 0 bridgehead atoms. The van der Waals surface area contributed by atoms with Crippen molar-refractivity contribution in [3.05, 3.63) is 74.7 Å². The zero-order valence-corrected chi connectivity index (χ0v) is 13.9. The molecule has 1 aliphatic rings. The van der Waals surface area contributed by atoms with Crippen LogP contribution in [-0.2, 0) is 5.66 Å². The fourth-order valence-corrected chi connectivity index (χ4v) is 3.17. The molecule has 1 aliphatic heterocycles. The molecule has 23 heavy (non-hydrogen) atoms. The first-order chi connectivity index (χ1) is 11.1. The molecule has 1 N–H and O–H groups in total. The number of para-hydroxylation sites is 1. The number of benzene rings is 2. The first-order valence-corrected chi connectivity index (χ1v) is 7.97. The van der Waals surface area contributed by atoms with Gasteiger partial charge in [-0.25, -0.2) is 4.98 Å². The molecule has 5 nitrogen and oxygen atoms in total. The predicted octanol–water partition coefficient (Wildman–Crippen LogP) is 2.82. The van der Waals surface area contributed by atoms with Crippen molar-refractivity contribution in [3.8, 4) is 0 Å². The van der Waals surface area contributed by atoms with E-state index >= 15 is 0 Å². The molecule has 6 heteroatoms. The average Bonchev–Trinajstić information content (AvgIpc) is 2.55. The number of hydrazone groups is 1. The lowest BCUT2D eigenvalue weighted by atomic mass is 10.0. The van der Waals surface area contributed by atoms with E-state index in [2.05, 4.69) is 31.4 Å². The molecule has 0 unspecified atom stereocenters. The van der Waals surface area contributed by atoms with Gasteiger partial charge in [0.2, 0.25) is 0 Å². The summed E-state index contributed by atoms with van der Waals surface area (Å²) in [4.78, 5) is 17.6. The Morgan fingerprint density at radius 2 is 1.87 bits per heavy atom. The predicted molar refractivity (Wildman–Crippen MR) is 93.6 cm³/mol. The summed E-state index contributed by atoms with van der Waals surface area (Å²) >= 11 is 3.43. The molecule has 114 valence electrons. The molecule has 2 heterocycles. The summed E-state index contributed by atoms with van der Waals surface area (Å²) in [5.74, 6) is 0.540. The maximum Gasteiger partial charge on any atom is 0.263 e. The summed E-state index contributed by atoms with van der Waals surface area (Å²) in [6.07, 6.45) is 1.58. The van der Waals surface area contributed by atoms with Crippen LogP contribution in [0.15, 0.2) is 62.9 Å². The van der Waals surface area contributed by atoms with Gasteiger partial charge in [0.05, 0.1) is 17.1 Å². The lowest BCUT2D eigenvalue weighted by molar-refractivity contribution is 0.292. The second-order valence-corrected chi connectivity index (χ2v) is 6.49. The molecule has 0 fully saturated rings. The monoisotopic (exact) mass is 368 g/mol. The molecule has 0 saturated heterocycles. The van der Waals surface area contributed by atoms with Crippen molar-refractivity contribution in [2.45, 2.75) is 12.6 Å². The van der Waals surface area contributed by atoms with Gasteiger partial charge in [0.25, 0.3) is 5.56 Å². The van der Waals surface area contributed by atoms with Crippen molar-refractivity contribution in [2.75, 3.05) is 0 Å². The summed E-state index contributed by atoms with van der Waals surface area (Å²) in [6.45, 7) is 1.92. The van der Waals surface area contributed by atoms with Gasteiger partial charge in [-0.05, 0) is 36.8 Å². The number of rotatable bonds is 1. The highest BCUT2D eigenvalue weighted by atomic mass is 79.9. The van der Waals surface area contributed by atoms with Gasteiger partial charge in [0.15, 0.2) is 11.5 Å². The molecule has 4 rings (SSSR count). The summed E-state index contributed by atoms with van der Waals surface area (Å²) in [7, 11) is 0. The first kappa shape index (κ1) is 14.1. The van der Waals surface area contributed by atoms with Crippen molar-refractivity contribution >= 4 is 33.0 Å². The molecule has 0 spiro atoms. The Morgan fingerprint density at radius 1 is 1.13 bits per heavy atom. The minimum atomic E-state index is -0.793. The van der Waals surface area contributed by atoms with Crippen LogP contribution >= 0.6 is 15.9 Å². The van der Waals surface area contributed by atoms with Crippen LogP contribution in [0, 0.1) is 0 Å². The standard InChI is InChI=1S/C17H13BrN4O/c1-17(11-6-8-12(18)9-7-11)21-19-10-15-20-14-5-3-2-4-13(14)16(23)22(15)17/h2-10,21H,1H3/t17-/m0/s1. The van der Waals surface area contributed by atoms with Gasteiger partial charge in [-0.3, -0.25) is 14.8 Å². The Hall–Kier alpha value is -2.47. The number of hydrogen-bond acceptors (Lipinski definition) is 4. The van der Waals surface area contributed by atoms with Crippen molar-refractivity contribution in [2.24, 2.45) is 5.10 Å². The zero-order valence-electron chi connectivity index (χ0n) is 12.3. The van der Waals surface area contributed by atoms with Crippen molar-refractivity contribution in [1.82, 2.24) is 15.0 Å². The van der Waals surface area contributed by atoms with E-state index < -0.39 is 5.66 Å². The van der Waals surface area contributed by atoms with Crippen molar-refractivity contribution in [3.63, 3.8) is 0 Å². The Labute approximate surface area is 140 Å². The third kappa shape index (κ3) is 2.09. The Kier molecular flexibility index (Phi) is 3.09. The lowest BCUT2D eigenvalue weighted by Gasteiger charge is -2.35. The first-order valence-electron chi connectivity index (χ1n) is 7.18. The van der Waals surface area contributed by atoms with Gasteiger partial charge in [0, 0.05) is 4.47 Å². The molecular weight excluding hydrogens is 356 g/mol. The van der Waals surface area contributed by atoms with Gasteiger partial charge < -0.3 is 0 Å². The van der Waals surface area contributed by atoms with E-state index in [1.165, 1.54) is 0 Å². The second-order valence-electron chi connectivity index (χ2n) is 5.58. The lowest BCUT2D eigenvalue weighted by Crippen LogP contribution is -2.52. The number of hydrogen-bond donors (Lipinski definition) is 1. The van der Waals surface area contributed by atoms with Crippen LogP contribution in [0.5, 0.6) is 0 Å². The van der Waals surface area contributed by atoms with Gasteiger partial charge in [0.1, 0.15) is 0 Å². The molecule has 0 saturated carbocycles. The summed E-state index contributed by atoms with van der Waals surface area (Å²) in [5.41, 5.74) is 3.79. The van der Waals surface area contributed by atoms with E-state index in [0.717, 1.165) is 10.0 Å². The smallest absolute Gasteiger partial charge is 0.263 e. The third-order valence-corrected chi connectivity index (χ3v) is 4.65. The van der Waals surface area contributed by atoms with Crippen molar-refractivity contribution < 1.29 is 0 Å². The number of nitrogens with zero attached hydrogens (tertiary/aromatic N) is 3. The zero-order chi connectivity index (χ0) is 16.0. The molecule has 0 amide bonds. The topological polar surface area (TPSA) is 59.3 Å². The molecule has 0 radical (unpaired) electrons. The Morgan fingerprint density at radius 3 is 2.65 bits per heavy atom. The molecule has 1 aromatic heterocycles. The summed E-state index contributed by atoms with van der Waals surface area (Å²) < 4.78 is 2.64. The van der Waals surface area contributed by atoms with Crippen LogP contribution in [0.2, 0.25) is 0 Å². The quantitative estimate of drug-likeness (QED) is 0.718. The third-order valence-electron chi connectivity index (χ3n) is 4.12. The van der Waals surface area contributed by atoms with Crippen LogP contribution in [-0.4, -0.2) is 15.8 Å². The number of aromatic nitrogens is 2. The largest absolute Gasteiger partial charge is 0.280 e. The highest BCUT2D eigenvalue weighted by molar-refractivity contribution is 9.10. The molecule has 2 aromatic carbocycles. The second kappa shape index (κ2) is 5.03. The van der Waals surface area contributed by atoms with E-state index in [9.17, 15) is 4.79 Å². The van der Waals surface area contributed by atoms with Crippen molar-refractivity contribution in [1.29, 1.82) is 0 Å². The number of nitrogens with one attached hydrogen (secondary N) is 1. The van der Waals surface area contributed by atoms with Gasteiger partial charge >= 0.3 is 0 Å². The van der Waals surface area contributed by atoms with Gasteiger partial charge in [-0.2, -0.15) is 5.10 Å². The number of fused-ring (bicyclic) bond motifs is 2. The number of halogens is 1. The van der Waals surface area contributed by atoms with Crippen LogP contribution in [0.4, 0.5) is 0 Å². The van der Waals surface area contributed by atoms with E-state index in [0.29, 0.717) is 16.7 Å². The van der Waals surface area contributed by atoms with E-state index in [1.807, 2.05) is 49.4 Å².